The van der Waals surface area contributed by atoms with Gasteiger partial charge in [0.1, 0.15) is 5.75 Å². The molecule has 0 amide bonds. The Morgan fingerprint density at radius 2 is 1.95 bits per heavy atom. The molecule has 3 rings (SSSR count). The molecular formula is C17H17Br2NO. The molecular weight excluding hydrogens is 394 g/mol. The van der Waals surface area contributed by atoms with Gasteiger partial charge in [0.25, 0.3) is 0 Å². The third-order valence-electron chi connectivity index (χ3n) is 3.81. The van der Waals surface area contributed by atoms with Crippen molar-refractivity contribution in [1.29, 1.82) is 0 Å². The molecule has 0 bridgehead atoms. The number of ether oxygens (including phenoxy) is 1. The summed E-state index contributed by atoms with van der Waals surface area (Å²) in [6.07, 6.45) is 0.988. The highest BCUT2D eigenvalue weighted by atomic mass is 79.9. The van der Waals surface area contributed by atoms with E-state index in [2.05, 4.69) is 74.4 Å². The fraction of sp³-hybridized carbons (Fsp3) is 0.294. The van der Waals surface area contributed by atoms with Crippen molar-refractivity contribution in [1.82, 2.24) is 5.32 Å². The average Bonchev–Trinajstić information content (AvgIpc) is 2.48. The van der Waals surface area contributed by atoms with Gasteiger partial charge in [0.05, 0.1) is 6.61 Å². The maximum atomic E-state index is 5.75. The predicted octanol–water partition coefficient (Wildman–Crippen LogP) is 5.39. The van der Waals surface area contributed by atoms with Crippen LogP contribution in [-0.2, 0) is 0 Å². The molecule has 1 aliphatic heterocycles. The summed E-state index contributed by atoms with van der Waals surface area (Å²) in [6.45, 7) is 2.96. The van der Waals surface area contributed by atoms with E-state index in [1.54, 1.807) is 0 Å². The van der Waals surface area contributed by atoms with Gasteiger partial charge in [-0.1, -0.05) is 44.0 Å². The van der Waals surface area contributed by atoms with Crippen molar-refractivity contribution in [3.63, 3.8) is 0 Å². The lowest BCUT2D eigenvalue weighted by Crippen LogP contribution is -2.29. The van der Waals surface area contributed by atoms with Crippen molar-refractivity contribution in [2.24, 2.45) is 0 Å². The van der Waals surface area contributed by atoms with Gasteiger partial charge in [-0.15, -0.1) is 0 Å². The average molecular weight is 411 g/mol. The van der Waals surface area contributed by atoms with Crippen molar-refractivity contribution in [3.05, 3.63) is 62.5 Å². The van der Waals surface area contributed by atoms with Crippen LogP contribution in [0.3, 0.4) is 0 Å². The first kappa shape index (κ1) is 15.1. The quantitative estimate of drug-likeness (QED) is 0.732. The Kier molecular flexibility index (Phi) is 4.67. The van der Waals surface area contributed by atoms with E-state index >= 15 is 0 Å². The predicted molar refractivity (Wildman–Crippen MR) is 92.7 cm³/mol. The second-order valence-corrected chi connectivity index (χ2v) is 7.15. The van der Waals surface area contributed by atoms with Crippen molar-refractivity contribution >= 4 is 31.9 Å². The minimum Gasteiger partial charge on any atom is -0.493 e. The van der Waals surface area contributed by atoms with E-state index in [1.165, 1.54) is 11.1 Å². The van der Waals surface area contributed by atoms with Gasteiger partial charge in [-0.05, 0) is 42.8 Å². The zero-order valence-electron chi connectivity index (χ0n) is 11.8. The molecule has 4 heteroatoms. The van der Waals surface area contributed by atoms with Crippen molar-refractivity contribution in [3.8, 4) is 5.75 Å². The van der Waals surface area contributed by atoms with Gasteiger partial charge in [0.2, 0.25) is 0 Å². The van der Waals surface area contributed by atoms with Gasteiger partial charge in [0.15, 0.2) is 0 Å². The SMILES string of the molecule is CC(NC1CCOc2ccc(Br)cc21)c1cccc(Br)c1. The van der Waals surface area contributed by atoms with Gasteiger partial charge >= 0.3 is 0 Å². The first-order valence-electron chi connectivity index (χ1n) is 7.07. The second-order valence-electron chi connectivity index (χ2n) is 5.32. The van der Waals surface area contributed by atoms with Crippen molar-refractivity contribution < 1.29 is 4.74 Å². The summed E-state index contributed by atoms with van der Waals surface area (Å²) in [5, 5.41) is 3.72. The molecule has 0 spiro atoms. The summed E-state index contributed by atoms with van der Waals surface area (Å²) in [5.41, 5.74) is 2.52. The lowest BCUT2D eigenvalue weighted by atomic mass is 9.98. The molecule has 1 aliphatic rings. The fourth-order valence-electron chi connectivity index (χ4n) is 2.71. The van der Waals surface area contributed by atoms with Crippen LogP contribution >= 0.6 is 31.9 Å². The minimum absolute atomic E-state index is 0.289. The van der Waals surface area contributed by atoms with Crippen LogP contribution in [-0.4, -0.2) is 6.61 Å². The van der Waals surface area contributed by atoms with Crippen molar-refractivity contribution in [2.45, 2.75) is 25.4 Å². The van der Waals surface area contributed by atoms with E-state index < -0.39 is 0 Å². The smallest absolute Gasteiger partial charge is 0.124 e. The molecule has 0 radical (unpaired) electrons. The molecule has 0 aliphatic carbocycles. The molecule has 1 heterocycles. The van der Waals surface area contributed by atoms with Crippen LogP contribution in [0, 0.1) is 0 Å². The second kappa shape index (κ2) is 6.51. The summed E-state index contributed by atoms with van der Waals surface area (Å²) in [6, 6.07) is 15.3. The largest absolute Gasteiger partial charge is 0.493 e. The summed E-state index contributed by atoms with van der Waals surface area (Å²) >= 11 is 7.09. The van der Waals surface area contributed by atoms with Crippen LogP contribution in [0.4, 0.5) is 0 Å². The molecule has 2 aromatic rings. The molecule has 21 heavy (non-hydrogen) atoms. The first-order chi connectivity index (χ1) is 10.1. The van der Waals surface area contributed by atoms with Gasteiger partial charge in [-0.3, -0.25) is 0 Å². The number of fused-ring (bicyclic) bond motifs is 1. The van der Waals surface area contributed by atoms with E-state index in [-0.39, 0.29) is 6.04 Å². The van der Waals surface area contributed by atoms with Crippen LogP contribution in [0.25, 0.3) is 0 Å². The topological polar surface area (TPSA) is 21.3 Å². The van der Waals surface area contributed by atoms with Gasteiger partial charge in [0, 0.05) is 33.0 Å². The minimum atomic E-state index is 0.289. The van der Waals surface area contributed by atoms with Crippen LogP contribution in [0.1, 0.15) is 36.6 Å². The Morgan fingerprint density at radius 1 is 1.14 bits per heavy atom. The van der Waals surface area contributed by atoms with Crippen LogP contribution in [0.15, 0.2) is 51.4 Å². The maximum absolute atomic E-state index is 5.75. The Bertz CT molecular complexity index is 644. The highest BCUT2D eigenvalue weighted by Gasteiger charge is 2.23. The monoisotopic (exact) mass is 409 g/mol. The molecule has 1 N–H and O–H groups in total. The van der Waals surface area contributed by atoms with Gasteiger partial charge in [-0.2, -0.15) is 0 Å². The molecule has 2 nitrogen and oxygen atoms in total. The maximum Gasteiger partial charge on any atom is 0.124 e. The molecule has 110 valence electrons. The fourth-order valence-corrected chi connectivity index (χ4v) is 3.51. The molecule has 0 aromatic heterocycles. The van der Waals surface area contributed by atoms with Gasteiger partial charge < -0.3 is 10.1 Å². The number of halogens is 2. The number of nitrogens with one attached hydrogen (secondary N) is 1. The van der Waals surface area contributed by atoms with Gasteiger partial charge in [-0.25, -0.2) is 0 Å². The Balaban J connectivity index is 1.81. The van der Waals surface area contributed by atoms with Crippen LogP contribution in [0.2, 0.25) is 0 Å². The number of hydrogen-bond donors (Lipinski definition) is 1. The Labute approximate surface area is 142 Å². The molecule has 2 unspecified atom stereocenters. The normalized spacial score (nSPS) is 18.7. The lowest BCUT2D eigenvalue weighted by molar-refractivity contribution is 0.246. The van der Waals surface area contributed by atoms with Crippen molar-refractivity contribution in [2.75, 3.05) is 6.61 Å². The van der Waals surface area contributed by atoms with E-state index in [0.717, 1.165) is 27.7 Å². The summed E-state index contributed by atoms with van der Waals surface area (Å²) < 4.78 is 7.95. The zero-order chi connectivity index (χ0) is 14.8. The van der Waals surface area contributed by atoms with E-state index in [4.69, 9.17) is 4.74 Å². The highest BCUT2D eigenvalue weighted by molar-refractivity contribution is 9.10. The standard InChI is InChI=1S/C17H17Br2NO/c1-11(12-3-2-4-13(18)9-12)20-16-7-8-21-17-6-5-14(19)10-15(16)17/h2-6,9-11,16,20H,7-8H2,1H3. The molecule has 2 atom stereocenters. The van der Waals surface area contributed by atoms with Crippen LogP contribution < -0.4 is 10.1 Å². The number of benzene rings is 2. The Hall–Kier alpha value is -0.840. The molecule has 0 saturated carbocycles. The number of rotatable bonds is 3. The zero-order valence-corrected chi connectivity index (χ0v) is 14.9. The highest BCUT2D eigenvalue weighted by Crippen LogP contribution is 2.35. The van der Waals surface area contributed by atoms with E-state index in [1.807, 2.05) is 12.1 Å². The summed E-state index contributed by atoms with van der Waals surface area (Å²) in [7, 11) is 0. The third-order valence-corrected chi connectivity index (χ3v) is 4.80. The lowest BCUT2D eigenvalue weighted by Gasteiger charge is -2.29. The summed E-state index contributed by atoms with van der Waals surface area (Å²) in [4.78, 5) is 0. The summed E-state index contributed by atoms with van der Waals surface area (Å²) in [5.74, 6) is 0.989. The third kappa shape index (κ3) is 3.50. The molecule has 0 fully saturated rings. The van der Waals surface area contributed by atoms with E-state index in [9.17, 15) is 0 Å². The van der Waals surface area contributed by atoms with Crippen LogP contribution in [0.5, 0.6) is 5.75 Å². The first-order valence-corrected chi connectivity index (χ1v) is 8.66. The Morgan fingerprint density at radius 3 is 2.76 bits per heavy atom. The molecule has 0 saturated heterocycles. The molecule has 2 aromatic carbocycles. The number of hydrogen-bond acceptors (Lipinski definition) is 2. The van der Waals surface area contributed by atoms with E-state index in [0.29, 0.717) is 6.04 Å².